The van der Waals surface area contributed by atoms with Crippen molar-refractivity contribution in [1.29, 1.82) is 0 Å². The zero-order chi connectivity index (χ0) is 21.4. The number of hydrogen-bond donors (Lipinski definition) is 3. The van der Waals surface area contributed by atoms with Crippen molar-refractivity contribution in [3.05, 3.63) is 28.5 Å². The van der Waals surface area contributed by atoms with Gasteiger partial charge >= 0.3 is 11.8 Å². The first-order valence-corrected chi connectivity index (χ1v) is 10.1. The summed E-state index contributed by atoms with van der Waals surface area (Å²) in [5.74, 6) is -0.696. The van der Waals surface area contributed by atoms with Crippen LogP contribution in [0.1, 0.15) is 39.5 Å². The summed E-state index contributed by atoms with van der Waals surface area (Å²) in [4.78, 5) is 24.3. The quantitative estimate of drug-likeness (QED) is 0.695. The van der Waals surface area contributed by atoms with Crippen LogP contribution in [-0.4, -0.2) is 46.1 Å². The fraction of sp³-hybridized carbons (Fsp3) is 0.550. The highest BCUT2D eigenvalue weighted by Crippen LogP contribution is 2.42. The molecule has 4 rings (SSSR count). The molecule has 0 bridgehead atoms. The van der Waals surface area contributed by atoms with Gasteiger partial charge in [-0.2, -0.15) is 0 Å². The third-order valence-corrected chi connectivity index (χ3v) is 6.06. The number of fused-ring (bicyclic) bond motifs is 1. The van der Waals surface area contributed by atoms with Crippen LogP contribution in [0.2, 0.25) is 0 Å². The van der Waals surface area contributed by atoms with Crippen LogP contribution >= 0.6 is 0 Å². The molecular formula is C20H25FN4O5. The predicted molar refractivity (Wildman–Crippen MR) is 106 cm³/mol. The number of carboxylic acid groups (broad SMARTS) is 1. The molecule has 10 heteroatoms. The summed E-state index contributed by atoms with van der Waals surface area (Å²) in [5, 5.41) is 17.5. The van der Waals surface area contributed by atoms with Gasteiger partial charge in [0.15, 0.2) is 11.6 Å². The summed E-state index contributed by atoms with van der Waals surface area (Å²) in [7, 11) is 0. The summed E-state index contributed by atoms with van der Waals surface area (Å²) in [6, 6.07) is 3.06. The minimum absolute atomic E-state index is 0.0199. The van der Waals surface area contributed by atoms with E-state index in [0.29, 0.717) is 23.7 Å². The highest BCUT2D eigenvalue weighted by Gasteiger charge is 2.35. The van der Waals surface area contributed by atoms with Crippen molar-refractivity contribution in [1.82, 2.24) is 15.5 Å². The number of benzene rings is 1. The molecule has 2 heterocycles. The second-order valence-corrected chi connectivity index (χ2v) is 8.11. The lowest BCUT2D eigenvalue weighted by atomic mass is 9.81. The van der Waals surface area contributed by atoms with E-state index in [2.05, 4.69) is 27.3 Å². The van der Waals surface area contributed by atoms with Crippen LogP contribution in [0.25, 0.3) is 11.5 Å². The lowest BCUT2D eigenvalue weighted by Gasteiger charge is -2.43. The molecule has 2 aromatic rings. The van der Waals surface area contributed by atoms with Crippen molar-refractivity contribution < 1.29 is 23.4 Å². The van der Waals surface area contributed by atoms with Gasteiger partial charge in [0.1, 0.15) is 6.10 Å². The smallest absolute Gasteiger partial charge is 0.434 e. The van der Waals surface area contributed by atoms with Crippen molar-refractivity contribution in [3.63, 3.8) is 0 Å². The zero-order valence-corrected chi connectivity index (χ0v) is 16.9. The molecule has 2 aliphatic rings. The number of aromatic amines is 1. The van der Waals surface area contributed by atoms with Gasteiger partial charge in [0.2, 0.25) is 5.89 Å². The van der Waals surface area contributed by atoms with E-state index in [1.54, 1.807) is 6.07 Å². The maximum absolute atomic E-state index is 14.9. The second-order valence-electron chi connectivity index (χ2n) is 8.11. The van der Waals surface area contributed by atoms with E-state index < -0.39 is 17.7 Å². The lowest BCUT2D eigenvalue weighted by molar-refractivity contribution is 0.173. The molecule has 1 saturated carbocycles. The molecule has 0 spiro atoms. The van der Waals surface area contributed by atoms with E-state index in [0.717, 1.165) is 25.7 Å². The van der Waals surface area contributed by atoms with Crippen LogP contribution in [0.4, 0.5) is 14.9 Å². The number of nitrogens with zero attached hydrogens (tertiary/aromatic N) is 2. The number of H-pyrrole nitrogens is 1. The van der Waals surface area contributed by atoms with Crippen LogP contribution in [0.15, 0.2) is 21.3 Å². The summed E-state index contributed by atoms with van der Waals surface area (Å²) < 4.78 is 25.6. The Balaban J connectivity index is 1.60. The number of hydrogen-bond acceptors (Lipinski definition) is 6. The lowest BCUT2D eigenvalue weighted by Crippen LogP contribution is -2.48. The van der Waals surface area contributed by atoms with Gasteiger partial charge in [-0.3, -0.25) is 0 Å². The third-order valence-electron chi connectivity index (χ3n) is 6.06. The number of ether oxygens (including phenoxy) is 1. The average molecular weight is 420 g/mol. The molecule has 1 aliphatic heterocycles. The monoisotopic (exact) mass is 420 g/mol. The Bertz CT molecular complexity index is 982. The van der Waals surface area contributed by atoms with Gasteiger partial charge in [-0.1, -0.05) is 0 Å². The second kappa shape index (κ2) is 8.00. The number of amides is 1. The average Bonchev–Trinajstić information content (AvgIpc) is 3.14. The van der Waals surface area contributed by atoms with E-state index >= 15 is 0 Å². The van der Waals surface area contributed by atoms with Crippen LogP contribution in [0, 0.1) is 11.7 Å². The fourth-order valence-corrected chi connectivity index (χ4v) is 4.56. The third kappa shape index (κ3) is 3.99. The molecule has 162 valence electrons. The van der Waals surface area contributed by atoms with Gasteiger partial charge in [-0.05, 0) is 57.6 Å². The Kier molecular flexibility index (Phi) is 5.40. The van der Waals surface area contributed by atoms with Crippen molar-refractivity contribution in [2.45, 2.75) is 57.7 Å². The number of nitrogens with one attached hydrogen (secondary N) is 2. The highest BCUT2D eigenvalue weighted by molar-refractivity contribution is 5.70. The first kappa shape index (κ1) is 20.2. The van der Waals surface area contributed by atoms with Gasteiger partial charge in [-0.25, -0.2) is 19.1 Å². The van der Waals surface area contributed by atoms with E-state index in [-0.39, 0.29) is 29.8 Å². The minimum Gasteiger partial charge on any atom is -0.484 e. The molecule has 1 aliphatic carbocycles. The van der Waals surface area contributed by atoms with E-state index in [4.69, 9.17) is 14.3 Å². The van der Waals surface area contributed by atoms with Crippen molar-refractivity contribution in [2.75, 3.05) is 11.4 Å². The molecule has 0 saturated heterocycles. The Morgan fingerprint density at radius 1 is 1.37 bits per heavy atom. The van der Waals surface area contributed by atoms with Crippen molar-refractivity contribution >= 4 is 11.8 Å². The number of carbonyl (C=O) groups is 1. The van der Waals surface area contributed by atoms with Gasteiger partial charge in [0, 0.05) is 17.6 Å². The van der Waals surface area contributed by atoms with Crippen molar-refractivity contribution in [3.8, 4) is 17.2 Å². The minimum atomic E-state index is -0.990. The first-order chi connectivity index (χ1) is 14.3. The molecule has 0 radical (unpaired) electrons. The highest BCUT2D eigenvalue weighted by atomic mass is 19.1. The maximum Gasteiger partial charge on any atom is 0.434 e. The predicted octanol–water partition coefficient (Wildman–Crippen LogP) is 2.97. The van der Waals surface area contributed by atoms with Gasteiger partial charge in [0.25, 0.3) is 0 Å². The van der Waals surface area contributed by atoms with E-state index in [1.165, 1.54) is 6.07 Å². The Hall–Kier alpha value is -3.04. The molecule has 0 unspecified atom stereocenters. The standard InChI is InChI=1S/C20H25FN4O5/c1-10-9-25(11(2)12-3-5-14(6-4-12)22-19(26)27)16-8-13(7-15(21)17(16)29-10)18-23-24-20(28)30-18/h7-8,10-12,14,22H,3-6,9H2,1-2H3,(H,24,28)(H,26,27)/t10-,11+,12?,14?/m1/s1. The normalized spacial score (nSPS) is 24.6. The van der Waals surface area contributed by atoms with Gasteiger partial charge in [0.05, 0.1) is 12.2 Å². The molecule has 1 amide bonds. The van der Waals surface area contributed by atoms with Crippen LogP contribution in [0.5, 0.6) is 5.75 Å². The Morgan fingerprint density at radius 2 is 2.10 bits per heavy atom. The van der Waals surface area contributed by atoms with Crippen LogP contribution in [-0.2, 0) is 0 Å². The summed E-state index contributed by atoms with van der Waals surface area (Å²) in [6.07, 6.45) is 2.14. The zero-order valence-electron chi connectivity index (χ0n) is 16.9. The molecule has 9 nitrogen and oxygen atoms in total. The molecular weight excluding hydrogens is 395 g/mol. The Labute approximate surface area is 172 Å². The van der Waals surface area contributed by atoms with Crippen LogP contribution in [0.3, 0.4) is 0 Å². The van der Waals surface area contributed by atoms with E-state index in [1.807, 2.05) is 6.92 Å². The number of halogens is 1. The number of aromatic nitrogens is 2. The number of anilines is 1. The van der Waals surface area contributed by atoms with Crippen LogP contribution < -0.4 is 20.7 Å². The first-order valence-electron chi connectivity index (χ1n) is 10.1. The fourth-order valence-electron chi connectivity index (χ4n) is 4.56. The van der Waals surface area contributed by atoms with Gasteiger partial charge < -0.3 is 24.5 Å². The molecule has 3 N–H and O–H groups in total. The molecule has 1 fully saturated rings. The van der Waals surface area contributed by atoms with Crippen molar-refractivity contribution in [2.24, 2.45) is 5.92 Å². The molecule has 1 aromatic carbocycles. The summed E-state index contributed by atoms with van der Waals surface area (Å²) >= 11 is 0. The van der Waals surface area contributed by atoms with E-state index in [9.17, 15) is 14.0 Å². The molecule has 1 aromatic heterocycles. The topological polar surface area (TPSA) is 121 Å². The SMILES string of the molecule is C[C@@H]1CN([C@@H](C)C2CCC(NC(=O)O)CC2)c2cc(-c3n[nH]c(=O)o3)cc(F)c2O1. The number of rotatable bonds is 4. The maximum atomic E-state index is 14.9. The Morgan fingerprint density at radius 3 is 2.73 bits per heavy atom. The molecule has 2 atom stereocenters. The summed E-state index contributed by atoms with van der Waals surface area (Å²) in [6.45, 7) is 4.60. The summed E-state index contributed by atoms with van der Waals surface area (Å²) in [5.41, 5.74) is 0.960. The van der Waals surface area contributed by atoms with Gasteiger partial charge in [-0.15, -0.1) is 5.10 Å². The largest absolute Gasteiger partial charge is 0.484 e. The molecule has 30 heavy (non-hydrogen) atoms.